The van der Waals surface area contributed by atoms with E-state index in [0.717, 1.165) is 30.7 Å². The van der Waals surface area contributed by atoms with E-state index in [0.29, 0.717) is 44.4 Å². The van der Waals surface area contributed by atoms with Crippen molar-refractivity contribution in [2.45, 2.75) is 31.0 Å². The zero-order valence-electron chi connectivity index (χ0n) is 17.0. The van der Waals surface area contributed by atoms with Crippen LogP contribution in [0.5, 0.6) is 0 Å². The summed E-state index contributed by atoms with van der Waals surface area (Å²) in [6.07, 6.45) is -1.60. The molecule has 0 spiro atoms. The first-order valence-corrected chi connectivity index (χ1v) is 10.3. The van der Waals surface area contributed by atoms with Crippen LogP contribution in [0.15, 0.2) is 41.1 Å². The zero-order chi connectivity index (χ0) is 22.3. The maximum atomic E-state index is 13.3. The van der Waals surface area contributed by atoms with Crippen molar-refractivity contribution in [1.82, 2.24) is 25.0 Å². The molecule has 2 fully saturated rings. The smallest absolute Gasteiger partial charge is 0.338 e. The average molecular weight is 448 g/mol. The highest BCUT2D eigenvalue weighted by Gasteiger charge is 2.50. The summed E-state index contributed by atoms with van der Waals surface area (Å²) in [6.45, 7) is 2.62. The largest absolute Gasteiger partial charge is 0.433 e. The monoisotopic (exact) mass is 448 g/mol. The molecule has 0 N–H and O–H groups in total. The summed E-state index contributed by atoms with van der Waals surface area (Å²) in [7, 11) is 0. The lowest BCUT2D eigenvalue weighted by molar-refractivity contribution is -0.141. The van der Waals surface area contributed by atoms with Crippen LogP contribution in [0, 0.1) is 5.82 Å². The third-order valence-electron chi connectivity index (χ3n) is 5.99. The molecule has 1 saturated carbocycles. The van der Waals surface area contributed by atoms with E-state index in [1.54, 1.807) is 17.0 Å². The van der Waals surface area contributed by atoms with Gasteiger partial charge in [-0.2, -0.15) is 18.2 Å². The van der Waals surface area contributed by atoms with Crippen molar-refractivity contribution in [3.8, 4) is 0 Å². The molecule has 7 nitrogen and oxygen atoms in total. The SMILES string of the molecule is Fc1ccc(C2(c3noc(CN4CCN(c5nccc(C(F)(F)F)n5)CC4)n3)CC2)cc1. The third kappa shape index (κ3) is 4.04. The Morgan fingerprint density at radius 3 is 2.34 bits per heavy atom. The molecule has 32 heavy (non-hydrogen) atoms. The third-order valence-corrected chi connectivity index (χ3v) is 5.99. The Morgan fingerprint density at radius 1 is 0.969 bits per heavy atom. The Balaban J connectivity index is 1.21. The molecule has 0 amide bonds. The summed E-state index contributed by atoms with van der Waals surface area (Å²) < 4.78 is 57.4. The van der Waals surface area contributed by atoms with Crippen molar-refractivity contribution in [2.24, 2.45) is 0 Å². The standard InChI is InChI=1S/C21H20F4N6O/c22-15-3-1-14(2-4-15)20(6-7-20)18-28-17(32-29-18)13-30-9-11-31(12-10-30)19-26-8-5-16(27-19)21(23,24)25/h1-5,8H,6-7,9-13H2. The molecule has 1 saturated heterocycles. The van der Waals surface area contributed by atoms with E-state index in [1.807, 2.05) is 0 Å². The first kappa shape index (κ1) is 20.8. The van der Waals surface area contributed by atoms with Gasteiger partial charge in [-0.05, 0) is 36.6 Å². The molecule has 168 valence electrons. The van der Waals surface area contributed by atoms with E-state index in [4.69, 9.17) is 4.52 Å². The Bertz CT molecular complexity index is 1090. The summed E-state index contributed by atoms with van der Waals surface area (Å²) in [5, 5.41) is 4.17. The van der Waals surface area contributed by atoms with Crippen LogP contribution in [0.1, 0.15) is 35.8 Å². The number of aromatic nitrogens is 4. The maximum Gasteiger partial charge on any atom is 0.433 e. The predicted molar refractivity (Wildman–Crippen MR) is 105 cm³/mol. The van der Waals surface area contributed by atoms with Crippen molar-refractivity contribution >= 4 is 5.95 Å². The molecule has 1 aromatic carbocycles. The van der Waals surface area contributed by atoms with Gasteiger partial charge in [0.2, 0.25) is 11.8 Å². The van der Waals surface area contributed by atoms with Gasteiger partial charge < -0.3 is 9.42 Å². The van der Waals surface area contributed by atoms with Crippen LogP contribution in [-0.4, -0.2) is 51.2 Å². The highest BCUT2D eigenvalue weighted by Crippen LogP contribution is 2.52. The summed E-state index contributed by atoms with van der Waals surface area (Å²) in [5.74, 6) is 0.884. The molecular formula is C21H20F4N6O. The van der Waals surface area contributed by atoms with E-state index in [1.165, 1.54) is 12.1 Å². The number of rotatable bonds is 5. The fraction of sp³-hybridized carbons (Fsp3) is 0.429. The van der Waals surface area contributed by atoms with Crippen LogP contribution in [0.25, 0.3) is 0 Å². The first-order chi connectivity index (χ1) is 15.3. The fourth-order valence-corrected chi connectivity index (χ4v) is 4.00. The fourth-order valence-electron chi connectivity index (χ4n) is 4.00. The van der Waals surface area contributed by atoms with Gasteiger partial charge in [-0.15, -0.1) is 0 Å². The number of hydrogen-bond donors (Lipinski definition) is 0. The van der Waals surface area contributed by atoms with Crippen LogP contribution in [0.4, 0.5) is 23.5 Å². The summed E-state index contributed by atoms with van der Waals surface area (Å²) in [5.41, 5.74) is -0.283. The maximum absolute atomic E-state index is 13.3. The second kappa shape index (κ2) is 7.80. The molecule has 5 rings (SSSR count). The van der Waals surface area contributed by atoms with Gasteiger partial charge in [0.1, 0.15) is 11.5 Å². The van der Waals surface area contributed by atoms with Gasteiger partial charge in [0, 0.05) is 32.4 Å². The zero-order valence-corrected chi connectivity index (χ0v) is 17.0. The van der Waals surface area contributed by atoms with Gasteiger partial charge in [0.25, 0.3) is 0 Å². The molecule has 0 unspecified atom stereocenters. The van der Waals surface area contributed by atoms with E-state index in [2.05, 4.69) is 25.0 Å². The molecule has 0 atom stereocenters. The average Bonchev–Trinajstić information content (AvgIpc) is 3.46. The topological polar surface area (TPSA) is 71.2 Å². The molecule has 1 aliphatic heterocycles. The van der Waals surface area contributed by atoms with Crippen LogP contribution < -0.4 is 4.90 Å². The van der Waals surface area contributed by atoms with Gasteiger partial charge in [-0.1, -0.05) is 17.3 Å². The molecule has 3 aromatic rings. The minimum absolute atomic E-state index is 0.0783. The van der Waals surface area contributed by atoms with Gasteiger partial charge in [0.15, 0.2) is 5.82 Å². The number of benzene rings is 1. The molecule has 1 aliphatic carbocycles. The minimum Gasteiger partial charge on any atom is -0.338 e. The second-order valence-corrected chi connectivity index (χ2v) is 8.10. The van der Waals surface area contributed by atoms with Crippen molar-refractivity contribution in [3.63, 3.8) is 0 Å². The number of halogens is 4. The predicted octanol–water partition coefficient (Wildman–Crippen LogP) is 3.42. The summed E-state index contributed by atoms with van der Waals surface area (Å²) in [6, 6.07) is 7.25. The van der Waals surface area contributed by atoms with Gasteiger partial charge >= 0.3 is 6.18 Å². The highest BCUT2D eigenvalue weighted by molar-refractivity contribution is 5.39. The van der Waals surface area contributed by atoms with Crippen LogP contribution in [0.3, 0.4) is 0 Å². The van der Waals surface area contributed by atoms with E-state index in [-0.39, 0.29) is 17.2 Å². The van der Waals surface area contributed by atoms with Gasteiger partial charge in [-0.25, -0.2) is 14.4 Å². The normalized spacial score (nSPS) is 18.7. The summed E-state index contributed by atoms with van der Waals surface area (Å²) in [4.78, 5) is 16.1. The molecular weight excluding hydrogens is 428 g/mol. The number of alkyl halides is 3. The first-order valence-electron chi connectivity index (χ1n) is 10.3. The van der Waals surface area contributed by atoms with Gasteiger partial charge in [-0.3, -0.25) is 4.90 Å². The molecule has 11 heteroatoms. The molecule has 0 radical (unpaired) electrons. The Hall–Kier alpha value is -3.08. The lowest BCUT2D eigenvalue weighted by Crippen LogP contribution is -2.46. The number of piperazine rings is 1. The second-order valence-electron chi connectivity index (χ2n) is 8.10. The Kier molecular flexibility index (Phi) is 5.07. The van der Waals surface area contributed by atoms with Crippen LogP contribution in [-0.2, 0) is 18.1 Å². The number of anilines is 1. The molecule has 2 aliphatic rings. The van der Waals surface area contributed by atoms with E-state index >= 15 is 0 Å². The molecule has 3 heterocycles. The molecule has 0 bridgehead atoms. The van der Waals surface area contributed by atoms with Crippen molar-refractivity contribution in [2.75, 3.05) is 31.1 Å². The van der Waals surface area contributed by atoms with Crippen molar-refractivity contribution in [1.29, 1.82) is 0 Å². The van der Waals surface area contributed by atoms with Crippen LogP contribution >= 0.6 is 0 Å². The number of nitrogens with zero attached hydrogens (tertiary/aromatic N) is 6. The van der Waals surface area contributed by atoms with Crippen molar-refractivity contribution < 1.29 is 22.1 Å². The quantitative estimate of drug-likeness (QED) is 0.554. The van der Waals surface area contributed by atoms with E-state index in [9.17, 15) is 17.6 Å². The lowest BCUT2D eigenvalue weighted by Gasteiger charge is -2.34. The van der Waals surface area contributed by atoms with E-state index < -0.39 is 11.9 Å². The Labute approximate surface area is 181 Å². The van der Waals surface area contributed by atoms with Gasteiger partial charge in [0.05, 0.1) is 12.0 Å². The van der Waals surface area contributed by atoms with Crippen LogP contribution in [0.2, 0.25) is 0 Å². The number of hydrogen-bond acceptors (Lipinski definition) is 7. The molecule has 2 aromatic heterocycles. The van der Waals surface area contributed by atoms with Crippen molar-refractivity contribution in [3.05, 3.63) is 65.3 Å². The highest BCUT2D eigenvalue weighted by atomic mass is 19.4. The minimum atomic E-state index is -4.50. The Morgan fingerprint density at radius 2 is 1.69 bits per heavy atom. The summed E-state index contributed by atoms with van der Waals surface area (Å²) >= 11 is 0. The lowest BCUT2D eigenvalue weighted by atomic mass is 9.95.